The maximum Gasteiger partial charge on any atom is 0.182 e. The molecule has 110 valence electrons. The van der Waals surface area contributed by atoms with Crippen molar-refractivity contribution in [1.82, 2.24) is 4.98 Å². The summed E-state index contributed by atoms with van der Waals surface area (Å²) in [5.41, 5.74) is 9.01. The summed E-state index contributed by atoms with van der Waals surface area (Å²) in [6.07, 6.45) is 1.60. The highest BCUT2D eigenvalue weighted by molar-refractivity contribution is 5.79. The van der Waals surface area contributed by atoms with Crippen LogP contribution in [0.15, 0.2) is 36.4 Å². The molecule has 2 aromatic rings. The number of nitrogen functional groups attached to an aromatic ring is 1. The van der Waals surface area contributed by atoms with Gasteiger partial charge < -0.3 is 10.9 Å². The first kappa shape index (κ1) is 15.0. The number of aryl methyl sites for hydroxylation is 1. The molecule has 0 aliphatic rings. The van der Waals surface area contributed by atoms with Gasteiger partial charge in [-0.2, -0.15) is 0 Å². The quantitative estimate of drug-likeness (QED) is 0.398. The zero-order valence-corrected chi connectivity index (χ0v) is 12.9. The van der Waals surface area contributed by atoms with Crippen LogP contribution in [0, 0.1) is 12.1 Å². The van der Waals surface area contributed by atoms with Gasteiger partial charge in [-0.3, -0.25) is 0 Å². The summed E-state index contributed by atoms with van der Waals surface area (Å²) in [6.45, 7) is 7.62. The standard InChI is InChI=1S/C17H21N3O/c1-12-8-15(19-16(18)9-12)14-7-5-6-13(10-14)11-20(21)17(2,3)4/h5-11H,1-4H3,(H2,18,19)/b20-11-. The van der Waals surface area contributed by atoms with Crippen molar-refractivity contribution in [2.45, 2.75) is 33.2 Å². The fourth-order valence-electron chi connectivity index (χ4n) is 1.95. The summed E-state index contributed by atoms with van der Waals surface area (Å²) in [5.74, 6) is 0.500. The number of hydrogen-bond acceptors (Lipinski definition) is 3. The molecule has 1 aromatic carbocycles. The molecule has 0 spiro atoms. The van der Waals surface area contributed by atoms with Gasteiger partial charge >= 0.3 is 0 Å². The van der Waals surface area contributed by atoms with E-state index in [0.29, 0.717) is 5.82 Å². The lowest BCUT2D eigenvalue weighted by molar-refractivity contribution is -0.530. The lowest BCUT2D eigenvalue weighted by Gasteiger charge is -2.18. The highest BCUT2D eigenvalue weighted by atomic mass is 16.5. The van der Waals surface area contributed by atoms with E-state index in [1.807, 2.05) is 64.1 Å². The molecule has 2 N–H and O–H groups in total. The fourth-order valence-corrected chi connectivity index (χ4v) is 1.95. The number of benzene rings is 1. The Balaban J connectivity index is 2.43. The van der Waals surface area contributed by atoms with Crippen LogP contribution >= 0.6 is 0 Å². The predicted octanol–water partition coefficient (Wildman–Crippen LogP) is 3.37. The highest BCUT2D eigenvalue weighted by Gasteiger charge is 2.18. The van der Waals surface area contributed by atoms with E-state index in [1.165, 1.54) is 0 Å². The second-order valence-corrected chi connectivity index (χ2v) is 6.21. The molecule has 0 fully saturated rings. The molecule has 0 unspecified atom stereocenters. The number of nitrogens with two attached hydrogens (primary N) is 1. The van der Waals surface area contributed by atoms with Gasteiger partial charge in [-0.1, -0.05) is 12.1 Å². The molecule has 0 aliphatic carbocycles. The number of nitrogens with zero attached hydrogens (tertiary/aromatic N) is 2. The zero-order chi connectivity index (χ0) is 15.6. The monoisotopic (exact) mass is 283 g/mol. The lowest BCUT2D eigenvalue weighted by atomic mass is 10.1. The minimum absolute atomic E-state index is 0.456. The second-order valence-electron chi connectivity index (χ2n) is 6.21. The van der Waals surface area contributed by atoms with Crippen LogP contribution in [-0.4, -0.2) is 21.5 Å². The summed E-state index contributed by atoms with van der Waals surface area (Å²) < 4.78 is 0.962. The van der Waals surface area contributed by atoms with Crippen molar-refractivity contribution in [1.29, 1.82) is 0 Å². The number of anilines is 1. The predicted molar refractivity (Wildman–Crippen MR) is 87.4 cm³/mol. The fraction of sp³-hybridized carbons (Fsp3) is 0.294. The third-order valence-corrected chi connectivity index (χ3v) is 3.10. The third kappa shape index (κ3) is 3.81. The average Bonchev–Trinajstić information content (AvgIpc) is 2.36. The van der Waals surface area contributed by atoms with E-state index in [2.05, 4.69) is 4.98 Å². The van der Waals surface area contributed by atoms with Gasteiger partial charge in [0.15, 0.2) is 11.8 Å². The number of aromatic nitrogens is 1. The minimum atomic E-state index is -0.456. The van der Waals surface area contributed by atoms with Gasteiger partial charge in [0.05, 0.1) is 5.69 Å². The van der Waals surface area contributed by atoms with E-state index in [1.54, 1.807) is 6.21 Å². The van der Waals surface area contributed by atoms with E-state index in [9.17, 15) is 5.21 Å². The van der Waals surface area contributed by atoms with E-state index in [0.717, 1.165) is 27.1 Å². The first-order valence-corrected chi connectivity index (χ1v) is 6.92. The molecule has 4 nitrogen and oxygen atoms in total. The summed E-state index contributed by atoms with van der Waals surface area (Å²) in [5, 5.41) is 12.0. The van der Waals surface area contributed by atoms with Crippen LogP contribution in [0.25, 0.3) is 11.3 Å². The van der Waals surface area contributed by atoms with Gasteiger partial charge in [-0.25, -0.2) is 9.72 Å². The van der Waals surface area contributed by atoms with Crippen molar-refractivity contribution in [3.05, 3.63) is 52.7 Å². The van der Waals surface area contributed by atoms with Crippen LogP contribution in [0.5, 0.6) is 0 Å². The third-order valence-electron chi connectivity index (χ3n) is 3.10. The van der Waals surface area contributed by atoms with Crippen molar-refractivity contribution in [2.75, 3.05) is 5.73 Å². The van der Waals surface area contributed by atoms with Crippen LogP contribution in [0.2, 0.25) is 0 Å². The van der Waals surface area contributed by atoms with Crippen molar-refractivity contribution in [3.8, 4) is 11.3 Å². The van der Waals surface area contributed by atoms with E-state index in [4.69, 9.17) is 5.73 Å². The minimum Gasteiger partial charge on any atom is -0.623 e. The largest absolute Gasteiger partial charge is 0.623 e. The van der Waals surface area contributed by atoms with Crippen LogP contribution in [0.3, 0.4) is 0 Å². The van der Waals surface area contributed by atoms with Gasteiger partial charge in [-0.05, 0) is 36.8 Å². The average molecular weight is 283 g/mol. The Morgan fingerprint density at radius 3 is 2.52 bits per heavy atom. The van der Waals surface area contributed by atoms with Gasteiger partial charge in [0.25, 0.3) is 0 Å². The normalized spacial score (nSPS) is 12.5. The first-order chi connectivity index (χ1) is 9.75. The smallest absolute Gasteiger partial charge is 0.182 e. The maximum atomic E-state index is 12.0. The molecule has 1 heterocycles. The van der Waals surface area contributed by atoms with Crippen molar-refractivity contribution in [3.63, 3.8) is 0 Å². The number of hydroxylamine groups is 1. The molecule has 0 saturated heterocycles. The molecule has 0 atom stereocenters. The Hall–Kier alpha value is -2.36. The van der Waals surface area contributed by atoms with Gasteiger partial charge in [0.2, 0.25) is 0 Å². The molecule has 2 rings (SSSR count). The second kappa shape index (κ2) is 5.56. The molecule has 4 heteroatoms. The van der Waals surface area contributed by atoms with Crippen LogP contribution < -0.4 is 5.73 Å². The molecule has 21 heavy (non-hydrogen) atoms. The van der Waals surface area contributed by atoms with E-state index < -0.39 is 5.54 Å². The van der Waals surface area contributed by atoms with Gasteiger partial charge in [-0.15, -0.1) is 0 Å². The van der Waals surface area contributed by atoms with E-state index >= 15 is 0 Å². The lowest BCUT2D eigenvalue weighted by Crippen LogP contribution is -2.29. The Kier molecular flexibility index (Phi) is 3.98. The molecule has 0 amide bonds. The summed E-state index contributed by atoms with van der Waals surface area (Å²) >= 11 is 0. The van der Waals surface area contributed by atoms with Crippen LogP contribution in [0.4, 0.5) is 5.82 Å². The van der Waals surface area contributed by atoms with Crippen molar-refractivity contribution >= 4 is 12.0 Å². The summed E-state index contributed by atoms with van der Waals surface area (Å²) in [6, 6.07) is 11.5. The Morgan fingerprint density at radius 1 is 1.19 bits per heavy atom. The molecule has 1 aromatic heterocycles. The molecule has 0 bridgehead atoms. The molecule has 0 radical (unpaired) electrons. The summed E-state index contributed by atoms with van der Waals surface area (Å²) in [4.78, 5) is 4.35. The Morgan fingerprint density at radius 2 is 1.90 bits per heavy atom. The topological polar surface area (TPSA) is 65.0 Å². The summed E-state index contributed by atoms with van der Waals surface area (Å²) in [7, 11) is 0. The zero-order valence-electron chi connectivity index (χ0n) is 12.9. The Bertz CT molecular complexity index is 664. The molecular weight excluding hydrogens is 262 g/mol. The Labute approximate surface area is 125 Å². The molecule has 0 saturated carbocycles. The number of pyridine rings is 1. The van der Waals surface area contributed by atoms with Crippen molar-refractivity contribution in [2.24, 2.45) is 0 Å². The van der Waals surface area contributed by atoms with Gasteiger partial charge in [0, 0.05) is 31.9 Å². The molecule has 0 aliphatic heterocycles. The number of rotatable bonds is 2. The number of hydrogen-bond donors (Lipinski definition) is 1. The SMILES string of the molecule is Cc1cc(N)nc(-c2cccc(/C=[N+](\[O-])C(C)(C)C)c2)c1. The van der Waals surface area contributed by atoms with Gasteiger partial charge in [0.1, 0.15) is 5.82 Å². The first-order valence-electron chi connectivity index (χ1n) is 6.92. The maximum absolute atomic E-state index is 12.0. The van der Waals surface area contributed by atoms with Crippen molar-refractivity contribution < 1.29 is 4.74 Å². The van der Waals surface area contributed by atoms with Crippen LogP contribution in [0.1, 0.15) is 31.9 Å². The van der Waals surface area contributed by atoms with E-state index in [-0.39, 0.29) is 0 Å². The highest BCUT2D eigenvalue weighted by Crippen LogP contribution is 2.21. The molecular formula is C17H21N3O. The van der Waals surface area contributed by atoms with Crippen LogP contribution in [-0.2, 0) is 0 Å².